The highest BCUT2D eigenvalue weighted by atomic mass is 16.2. The van der Waals surface area contributed by atoms with E-state index in [0.29, 0.717) is 43.7 Å². The molecular formula is C25H29N3O3. The second-order valence-electron chi connectivity index (χ2n) is 8.53. The first-order valence-corrected chi connectivity index (χ1v) is 11.0. The fourth-order valence-corrected chi connectivity index (χ4v) is 4.37. The number of nitrogens with zero attached hydrogens (tertiary/aromatic N) is 3. The molecule has 6 nitrogen and oxygen atoms in total. The van der Waals surface area contributed by atoms with Gasteiger partial charge in [-0.3, -0.25) is 14.4 Å². The molecule has 2 aromatic carbocycles. The van der Waals surface area contributed by atoms with Crippen LogP contribution in [0.2, 0.25) is 0 Å². The van der Waals surface area contributed by atoms with E-state index in [1.54, 1.807) is 12.1 Å². The van der Waals surface area contributed by atoms with Gasteiger partial charge in [-0.15, -0.1) is 0 Å². The number of amides is 2. The lowest BCUT2D eigenvalue weighted by Gasteiger charge is -2.23. The minimum atomic E-state index is -0.0227. The summed E-state index contributed by atoms with van der Waals surface area (Å²) in [5, 5.41) is 0. The molecule has 0 aromatic heterocycles. The number of rotatable bonds is 3. The monoisotopic (exact) mass is 419 g/mol. The number of fused-ring (bicyclic) bond motifs is 1. The van der Waals surface area contributed by atoms with Gasteiger partial charge in [-0.25, -0.2) is 0 Å². The summed E-state index contributed by atoms with van der Waals surface area (Å²) in [4.78, 5) is 43.8. The molecule has 0 bridgehead atoms. The molecule has 0 atom stereocenters. The molecular weight excluding hydrogens is 390 g/mol. The van der Waals surface area contributed by atoms with Crippen molar-refractivity contribution in [1.29, 1.82) is 0 Å². The molecule has 1 aliphatic heterocycles. The van der Waals surface area contributed by atoms with E-state index in [2.05, 4.69) is 0 Å². The van der Waals surface area contributed by atoms with Gasteiger partial charge < -0.3 is 14.7 Å². The molecule has 1 fully saturated rings. The van der Waals surface area contributed by atoms with Gasteiger partial charge in [0.05, 0.1) is 0 Å². The van der Waals surface area contributed by atoms with Gasteiger partial charge in [0.2, 0.25) is 0 Å². The molecule has 1 saturated heterocycles. The topological polar surface area (TPSA) is 60.9 Å². The molecule has 31 heavy (non-hydrogen) atoms. The number of carbonyl (C=O) groups excluding carboxylic acids is 3. The highest BCUT2D eigenvalue weighted by Crippen LogP contribution is 2.23. The van der Waals surface area contributed by atoms with Gasteiger partial charge in [0.15, 0.2) is 5.78 Å². The Labute approximate surface area is 183 Å². The highest BCUT2D eigenvalue weighted by molar-refractivity contribution is 6.01. The SMILES string of the molecule is CN(C)c1ccc(C(=O)N2CCCN(C(=O)c3ccc4c(c3)CCCC4=O)CC2)cc1. The predicted octanol–water partition coefficient (Wildman–Crippen LogP) is 3.26. The van der Waals surface area contributed by atoms with Gasteiger partial charge in [0.1, 0.15) is 0 Å². The quantitative estimate of drug-likeness (QED) is 0.766. The summed E-state index contributed by atoms with van der Waals surface area (Å²) in [6.45, 7) is 2.29. The van der Waals surface area contributed by atoms with Crippen LogP contribution < -0.4 is 4.90 Å². The Morgan fingerprint density at radius 2 is 1.39 bits per heavy atom. The van der Waals surface area contributed by atoms with Gasteiger partial charge in [-0.1, -0.05) is 6.07 Å². The van der Waals surface area contributed by atoms with E-state index in [1.165, 1.54) is 0 Å². The summed E-state index contributed by atoms with van der Waals surface area (Å²) in [5.74, 6) is 0.153. The number of ketones is 1. The van der Waals surface area contributed by atoms with E-state index >= 15 is 0 Å². The number of anilines is 1. The predicted molar refractivity (Wildman–Crippen MR) is 121 cm³/mol. The first-order chi connectivity index (χ1) is 14.9. The Hall–Kier alpha value is -3.15. The van der Waals surface area contributed by atoms with Crippen LogP contribution in [0, 0.1) is 0 Å². The lowest BCUT2D eigenvalue weighted by atomic mass is 9.89. The molecule has 2 aromatic rings. The fourth-order valence-electron chi connectivity index (χ4n) is 4.37. The maximum absolute atomic E-state index is 13.1. The smallest absolute Gasteiger partial charge is 0.253 e. The van der Waals surface area contributed by atoms with Gasteiger partial charge >= 0.3 is 0 Å². The normalized spacial score (nSPS) is 16.5. The van der Waals surface area contributed by atoms with Gasteiger partial charge in [0.25, 0.3) is 11.8 Å². The Morgan fingerprint density at radius 3 is 2.03 bits per heavy atom. The van der Waals surface area contributed by atoms with E-state index < -0.39 is 0 Å². The van der Waals surface area contributed by atoms with Crippen LogP contribution in [0.1, 0.15) is 55.9 Å². The van der Waals surface area contributed by atoms with Crippen molar-refractivity contribution < 1.29 is 14.4 Å². The second-order valence-corrected chi connectivity index (χ2v) is 8.53. The molecule has 1 heterocycles. The minimum Gasteiger partial charge on any atom is -0.378 e. The Morgan fingerprint density at radius 1 is 0.774 bits per heavy atom. The van der Waals surface area contributed by atoms with E-state index in [-0.39, 0.29) is 17.6 Å². The van der Waals surface area contributed by atoms with Crippen LogP contribution in [0.15, 0.2) is 42.5 Å². The van der Waals surface area contributed by atoms with Crippen molar-refractivity contribution in [3.63, 3.8) is 0 Å². The Kier molecular flexibility index (Phi) is 6.07. The zero-order chi connectivity index (χ0) is 22.0. The number of hydrogen-bond acceptors (Lipinski definition) is 4. The van der Waals surface area contributed by atoms with Gasteiger partial charge in [-0.2, -0.15) is 0 Å². The summed E-state index contributed by atoms with van der Waals surface area (Å²) in [6, 6.07) is 13.1. The van der Waals surface area contributed by atoms with Crippen molar-refractivity contribution in [2.45, 2.75) is 25.7 Å². The molecule has 0 unspecified atom stereocenters. The third-order valence-electron chi connectivity index (χ3n) is 6.20. The highest BCUT2D eigenvalue weighted by Gasteiger charge is 2.25. The maximum Gasteiger partial charge on any atom is 0.253 e. The van der Waals surface area contributed by atoms with Crippen LogP contribution >= 0.6 is 0 Å². The summed E-state index contributed by atoms with van der Waals surface area (Å²) >= 11 is 0. The molecule has 2 aliphatic rings. The minimum absolute atomic E-state index is 0.00639. The number of carbonyl (C=O) groups is 3. The molecule has 0 N–H and O–H groups in total. The zero-order valence-corrected chi connectivity index (χ0v) is 18.3. The van der Waals surface area contributed by atoms with Crippen molar-refractivity contribution in [3.05, 3.63) is 64.7 Å². The van der Waals surface area contributed by atoms with Crippen molar-refractivity contribution in [3.8, 4) is 0 Å². The second kappa shape index (κ2) is 8.92. The summed E-state index contributed by atoms with van der Waals surface area (Å²) in [6.07, 6.45) is 3.03. The third-order valence-corrected chi connectivity index (χ3v) is 6.20. The zero-order valence-electron chi connectivity index (χ0n) is 18.3. The molecule has 4 rings (SSSR count). The molecule has 2 amide bonds. The van der Waals surface area contributed by atoms with E-state index in [9.17, 15) is 14.4 Å². The first-order valence-electron chi connectivity index (χ1n) is 11.0. The van der Waals surface area contributed by atoms with Crippen molar-refractivity contribution in [1.82, 2.24) is 9.80 Å². The van der Waals surface area contributed by atoms with Crippen molar-refractivity contribution >= 4 is 23.3 Å². The lowest BCUT2D eigenvalue weighted by Crippen LogP contribution is -2.37. The molecule has 162 valence electrons. The van der Waals surface area contributed by atoms with Crippen LogP contribution in [0.25, 0.3) is 0 Å². The number of Topliss-reactive ketones (excluding diaryl/α,β-unsaturated/α-hetero) is 1. The standard InChI is InChI=1S/C25H29N3O3/c1-26(2)21-10-7-18(8-11-21)24(30)27-13-4-14-28(16-15-27)25(31)20-9-12-22-19(17-20)5-3-6-23(22)29/h7-12,17H,3-6,13-16H2,1-2H3. The van der Waals surface area contributed by atoms with Crippen LogP contribution in [-0.4, -0.2) is 67.7 Å². The van der Waals surface area contributed by atoms with Crippen molar-refractivity contribution in [2.24, 2.45) is 0 Å². The van der Waals surface area contributed by atoms with E-state index in [4.69, 9.17) is 0 Å². The maximum atomic E-state index is 13.1. The number of benzene rings is 2. The van der Waals surface area contributed by atoms with Crippen LogP contribution in [0.4, 0.5) is 5.69 Å². The number of aryl methyl sites for hydroxylation is 1. The Bertz CT molecular complexity index is 998. The average molecular weight is 420 g/mol. The Balaban J connectivity index is 1.42. The molecule has 0 saturated carbocycles. The molecule has 6 heteroatoms. The third kappa shape index (κ3) is 4.48. The molecule has 1 aliphatic carbocycles. The van der Waals surface area contributed by atoms with E-state index in [0.717, 1.165) is 36.1 Å². The van der Waals surface area contributed by atoms with E-state index in [1.807, 2.05) is 59.1 Å². The van der Waals surface area contributed by atoms with Crippen LogP contribution in [0.5, 0.6) is 0 Å². The largest absolute Gasteiger partial charge is 0.378 e. The van der Waals surface area contributed by atoms with Crippen LogP contribution in [-0.2, 0) is 6.42 Å². The van der Waals surface area contributed by atoms with Crippen molar-refractivity contribution in [2.75, 3.05) is 45.2 Å². The summed E-state index contributed by atoms with van der Waals surface area (Å²) < 4.78 is 0. The van der Waals surface area contributed by atoms with Crippen LogP contribution in [0.3, 0.4) is 0 Å². The molecule has 0 radical (unpaired) electrons. The average Bonchev–Trinajstić information content (AvgIpc) is 3.04. The fraction of sp³-hybridized carbons (Fsp3) is 0.400. The summed E-state index contributed by atoms with van der Waals surface area (Å²) in [7, 11) is 3.94. The number of hydrogen-bond donors (Lipinski definition) is 0. The van der Waals surface area contributed by atoms with Gasteiger partial charge in [-0.05, 0) is 61.2 Å². The first kappa shape index (κ1) is 21.1. The summed E-state index contributed by atoms with van der Waals surface area (Å²) in [5.41, 5.74) is 4.10. The van der Waals surface area contributed by atoms with Gasteiger partial charge in [0, 0.05) is 69.1 Å². The molecule has 0 spiro atoms. The lowest BCUT2D eigenvalue weighted by molar-refractivity contribution is 0.0718.